The van der Waals surface area contributed by atoms with E-state index in [-0.39, 0.29) is 16.2 Å². The van der Waals surface area contributed by atoms with Crippen molar-refractivity contribution in [2.75, 3.05) is 4.72 Å². The Kier molecular flexibility index (Phi) is 4.46. The summed E-state index contributed by atoms with van der Waals surface area (Å²) in [5, 5.41) is 9.38. The molecule has 114 valence electrons. The topological polar surface area (TPSA) is 79.5 Å². The summed E-state index contributed by atoms with van der Waals surface area (Å²) < 4.78 is 33.7. The maximum Gasteiger partial charge on any atom is 0.265 e. The molecule has 0 amide bonds. The van der Waals surface area contributed by atoms with Crippen molar-refractivity contribution in [2.24, 2.45) is 0 Å². The highest BCUT2D eigenvalue weighted by Gasteiger charge is 2.27. The summed E-state index contributed by atoms with van der Waals surface area (Å²) in [4.78, 5) is -0.00379. The Morgan fingerprint density at radius 1 is 1.24 bits per heavy atom. The van der Waals surface area contributed by atoms with Crippen LogP contribution in [0.5, 0.6) is 0 Å². The molecule has 1 aromatic heterocycles. The van der Waals surface area contributed by atoms with Crippen LogP contribution < -0.4 is 4.72 Å². The summed E-state index contributed by atoms with van der Waals surface area (Å²) in [6, 6.07) is 5.29. The molecule has 0 saturated carbocycles. The third-order valence-corrected chi connectivity index (χ3v) is 5.80. The number of hydrogen-bond acceptors (Lipinski definition) is 4. The zero-order chi connectivity index (χ0) is 15.8. The van der Waals surface area contributed by atoms with E-state index in [1.807, 2.05) is 13.0 Å². The lowest BCUT2D eigenvalue weighted by Crippen LogP contribution is -2.15. The second kappa shape index (κ2) is 5.82. The van der Waals surface area contributed by atoms with Crippen LogP contribution in [0.15, 0.2) is 32.0 Å². The van der Waals surface area contributed by atoms with Crippen LogP contribution in [0.25, 0.3) is 0 Å². The maximum atomic E-state index is 12.6. The first-order chi connectivity index (χ1) is 9.77. The van der Waals surface area contributed by atoms with Gasteiger partial charge in [-0.05, 0) is 48.3 Å². The number of benzene rings is 1. The number of nitrogens with one attached hydrogen (secondary N) is 1. The van der Waals surface area contributed by atoms with E-state index >= 15 is 0 Å². The molecule has 1 aromatic carbocycles. The Hall–Kier alpha value is -1.31. The van der Waals surface area contributed by atoms with E-state index in [1.54, 1.807) is 26.0 Å². The minimum Gasteiger partial charge on any atom is -0.465 e. The molecule has 2 rings (SSSR count). The monoisotopic (exact) mass is 373 g/mol. The van der Waals surface area contributed by atoms with Crippen molar-refractivity contribution in [3.8, 4) is 0 Å². The highest BCUT2D eigenvalue weighted by molar-refractivity contribution is 9.10. The van der Waals surface area contributed by atoms with Gasteiger partial charge in [-0.25, -0.2) is 8.42 Å². The predicted octanol–water partition coefficient (Wildman–Crippen LogP) is 3.26. The van der Waals surface area contributed by atoms with E-state index in [4.69, 9.17) is 4.42 Å². The highest BCUT2D eigenvalue weighted by Crippen LogP contribution is 2.31. The lowest BCUT2D eigenvalue weighted by molar-refractivity contribution is 0.276. The number of anilines is 1. The maximum absolute atomic E-state index is 12.6. The van der Waals surface area contributed by atoms with Crippen LogP contribution in [-0.4, -0.2) is 13.5 Å². The fourth-order valence-electron chi connectivity index (χ4n) is 2.17. The Balaban J connectivity index is 2.51. The van der Waals surface area contributed by atoms with E-state index in [9.17, 15) is 13.5 Å². The fraction of sp³-hybridized carbons (Fsp3) is 0.286. The summed E-state index contributed by atoms with van der Waals surface area (Å²) in [7, 11) is -3.84. The third kappa shape index (κ3) is 3.00. The van der Waals surface area contributed by atoms with Gasteiger partial charge in [-0.3, -0.25) is 4.72 Å². The molecule has 0 aliphatic heterocycles. The van der Waals surface area contributed by atoms with Gasteiger partial charge in [-0.1, -0.05) is 12.1 Å². The van der Waals surface area contributed by atoms with Crippen LogP contribution in [0, 0.1) is 20.8 Å². The summed E-state index contributed by atoms with van der Waals surface area (Å²) in [5.41, 5.74) is 1.64. The van der Waals surface area contributed by atoms with Gasteiger partial charge in [0.15, 0.2) is 0 Å². The van der Waals surface area contributed by atoms with E-state index < -0.39 is 16.6 Å². The molecule has 0 aliphatic rings. The Morgan fingerprint density at radius 3 is 2.52 bits per heavy atom. The number of hydrogen-bond donors (Lipinski definition) is 2. The van der Waals surface area contributed by atoms with E-state index in [0.717, 1.165) is 5.56 Å². The number of rotatable bonds is 4. The van der Waals surface area contributed by atoms with Gasteiger partial charge >= 0.3 is 0 Å². The molecular formula is C14H16BrNO4S. The van der Waals surface area contributed by atoms with Crippen molar-refractivity contribution in [2.45, 2.75) is 32.3 Å². The number of aryl methyl sites for hydroxylation is 3. The van der Waals surface area contributed by atoms with Gasteiger partial charge in [0.2, 0.25) is 0 Å². The van der Waals surface area contributed by atoms with Gasteiger partial charge in [0.1, 0.15) is 16.4 Å². The summed E-state index contributed by atoms with van der Waals surface area (Å²) >= 11 is 3.36. The molecule has 5 nitrogen and oxygen atoms in total. The van der Waals surface area contributed by atoms with Crippen LogP contribution in [0.1, 0.15) is 22.6 Å². The minimum absolute atomic E-state index is 0.00379. The normalized spacial score (nSPS) is 11.7. The first-order valence-corrected chi connectivity index (χ1v) is 8.53. The largest absolute Gasteiger partial charge is 0.465 e. The zero-order valence-electron chi connectivity index (χ0n) is 11.9. The van der Waals surface area contributed by atoms with Crippen molar-refractivity contribution >= 4 is 31.6 Å². The average molecular weight is 374 g/mol. The molecule has 0 radical (unpaired) electrons. The minimum atomic E-state index is -3.84. The van der Waals surface area contributed by atoms with E-state index in [2.05, 4.69) is 20.7 Å². The van der Waals surface area contributed by atoms with Crippen LogP contribution in [0.2, 0.25) is 0 Å². The molecule has 0 fully saturated rings. The first kappa shape index (κ1) is 16.1. The number of aliphatic hydroxyl groups is 1. The van der Waals surface area contributed by atoms with Crippen LogP contribution in [-0.2, 0) is 16.6 Å². The molecule has 2 N–H and O–H groups in total. The molecule has 21 heavy (non-hydrogen) atoms. The molecule has 1 heterocycles. The van der Waals surface area contributed by atoms with Gasteiger partial charge in [0.25, 0.3) is 10.0 Å². The molecule has 2 aromatic rings. The summed E-state index contributed by atoms with van der Waals surface area (Å²) in [5.74, 6) is 0.659. The van der Waals surface area contributed by atoms with Crippen LogP contribution in [0.3, 0.4) is 0 Å². The van der Waals surface area contributed by atoms with Crippen LogP contribution >= 0.6 is 15.9 Å². The molecule has 7 heteroatoms. The average Bonchev–Trinajstić information content (AvgIpc) is 2.69. The molecule has 0 spiro atoms. The Labute approximate surface area is 132 Å². The zero-order valence-corrected chi connectivity index (χ0v) is 14.3. The van der Waals surface area contributed by atoms with Crippen molar-refractivity contribution in [3.05, 3.63) is 45.3 Å². The second-order valence-corrected chi connectivity index (χ2v) is 7.13. The summed E-state index contributed by atoms with van der Waals surface area (Å²) in [6.45, 7) is 4.66. The lowest BCUT2D eigenvalue weighted by atomic mass is 10.2. The quantitative estimate of drug-likeness (QED) is 0.861. The van der Waals surface area contributed by atoms with Gasteiger partial charge < -0.3 is 9.52 Å². The van der Waals surface area contributed by atoms with Crippen molar-refractivity contribution in [1.29, 1.82) is 0 Å². The van der Waals surface area contributed by atoms with Gasteiger partial charge in [-0.15, -0.1) is 0 Å². The molecular weight excluding hydrogens is 358 g/mol. The van der Waals surface area contributed by atoms with Gasteiger partial charge in [0, 0.05) is 10.0 Å². The number of halogens is 1. The van der Waals surface area contributed by atoms with Gasteiger partial charge in [0.05, 0.1) is 12.3 Å². The highest BCUT2D eigenvalue weighted by atomic mass is 79.9. The van der Waals surface area contributed by atoms with E-state index in [1.165, 1.54) is 0 Å². The predicted molar refractivity (Wildman–Crippen MR) is 83.8 cm³/mol. The van der Waals surface area contributed by atoms with Crippen molar-refractivity contribution in [1.82, 2.24) is 0 Å². The number of aliphatic hydroxyl groups excluding tert-OH is 1. The smallest absolute Gasteiger partial charge is 0.265 e. The first-order valence-electron chi connectivity index (χ1n) is 6.25. The van der Waals surface area contributed by atoms with Crippen LogP contribution in [0.4, 0.5) is 5.69 Å². The number of furan rings is 1. The standard InChI is InChI=1S/C14H16BrNO4S/c1-8-5-4-6-12(13(8)15)16-21(18,19)14-10(3)20-9(2)11(14)7-17/h4-6,16-17H,7H2,1-3H3. The van der Waals surface area contributed by atoms with Crippen molar-refractivity contribution in [3.63, 3.8) is 0 Å². The van der Waals surface area contributed by atoms with E-state index in [0.29, 0.717) is 15.9 Å². The Morgan fingerprint density at radius 2 is 1.90 bits per heavy atom. The SMILES string of the molecule is Cc1cccc(NS(=O)(=O)c2c(C)oc(C)c2CO)c1Br. The lowest BCUT2D eigenvalue weighted by Gasteiger charge is -2.11. The molecule has 0 unspecified atom stereocenters. The van der Waals surface area contributed by atoms with Gasteiger partial charge in [-0.2, -0.15) is 0 Å². The van der Waals surface area contributed by atoms with Crippen molar-refractivity contribution < 1.29 is 17.9 Å². The summed E-state index contributed by atoms with van der Waals surface area (Å²) in [6.07, 6.45) is 0. The third-order valence-electron chi connectivity index (χ3n) is 3.19. The molecule has 0 aliphatic carbocycles. The second-order valence-electron chi connectivity index (χ2n) is 4.72. The molecule has 0 bridgehead atoms. The number of sulfonamides is 1. The Bertz CT molecular complexity index is 781. The molecule has 0 atom stereocenters. The molecule has 0 saturated heterocycles. The fourth-order valence-corrected chi connectivity index (χ4v) is 4.18.